The van der Waals surface area contributed by atoms with Crippen LogP contribution in [0.25, 0.3) is 11.2 Å². The number of fused-ring (bicyclic) bond motifs is 1. The Hall–Kier alpha value is -3.01. The summed E-state index contributed by atoms with van der Waals surface area (Å²) in [4.78, 5) is 41.1. The minimum atomic E-state index is -0.429. The van der Waals surface area contributed by atoms with Crippen molar-refractivity contribution in [2.75, 3.05) is 12.4 Å². The molecule has 0 radical (unpaired) electrons. The van der Waals surface area contributed by atoms with E-state index in [1.165, 1.54) is 23.4 Å². The monoisotopic (exact) mass is 431 g/mol. The quantitative estimate of drug-likeness (QED) is 0.538. The third kappa shape index (κ3) is 4.28. The fourth-order valence-electron chi connectivity index (χ4n) is 3.15. The Morgan fingerprint density at radius 1 is 1.13 bits per heavy atom. The van der Waals surface area contributed by atoms with Gasteiger partial charge in [0.05, 0.1) is 6.61 Å². The lowest BCUT2D eigenvalue weighted by atomic mass is 10.2. The molecule has 10 heteroatoms. The predicted octanol–water partition coefficient (Wildman–Crippen LogP) is 1.17. The minimum Gasteiger partial charge on any atom is -0.494 e. The lowest BCUT2D eigenvalue weighted by Gasteiger charge is -2.11. The van der Waals surface area contributed by atoms with Gasteiger partial charge < -0.3 is 14.6 Å². The van der Waals surface area contributed by atoms with E-state index in [9.17, 15) is 14.4 Å². The lowest BCUT2D eigenvalue weighted by molar-refractivity contribution is -0.120. The minimum absolute atomic E-state index is 0.0871. The Morgan fingerprint density at radius 3 is 2.60 bits per heavy atom. The molecule has 2 aromatic heterocycles. The number of nitrogens with one attached hydrogen (secondary N) is 1. The van der Waals surface area contributed by atoms with Gasteiger partial charge in [-0.2, -0.15) is 0 Å². The Labute approximate surface area is 177 Å². The van der Waals surface area contributed by atoms with Crippen molar-refractivity contribution < 1.29 is 9.53 Å². The van der Waals surface area contributed by atoms with Gasteiger partial charge >= 0.3 is 5.69 Å². The highest BCUT2D eigenvalue weighted by molar-refractivity contribution is 7.99. The fourth-order valence-corrected chi connectivity index (χ4v) is 4.06. The van der Waals surface area contributed by atoms with Gasteiger partial charge in [-0.05, 0) is 13.0 Å². The van der Waals surface area contributed by atoms with Crippen LogP contribution in [0.2, 0.25) is 0 Å². The van der Waals surface area contributed by atoms with Gasteiger partial charge in [0.2, 0.25) is 5.91 Å². The number of para-hydroxylation sites is 1. The molecule has 0 aliphatic rings. The first kappa shape index (κ1) is 21.7. The Bertz CT molecular complexity index is 1190. The largest absolute Gasteiger partial charge is 0.494 e. The summed E-state index contributed by atoms with van der Waals surface area (Å²) in [5.74, 6) is 1.17. The number of carbonyl (C=O) groups is 1. The number of thioether (sulfide) groups is 1. The first-order valence-electron chi connectivity index (χ1n) is 9.57. The van der Waals surface area contributed by atoms with Crippen LogP contribution >= 0.6 is 11.8 Å². The van der Waals surface area contributed by atoms with E-state index >= 15 is 0 Å². The number of hydrogen-bond acceptors (Lipinski definition) is 6. The van der Waals surface area contributed by atoms with E-state index in [1.54, 1.807) is 18.7 Å². The molecule has 160 valence electrons. The van der Waals surface area contributed by atoms with Crippen molar-refractivity contribution in [2.24, 2.45) is 21.1 Å². The molecule has 0 saturated heterocycles. The number of nitrogens with zero attached hydrogens (tertiary/aromatic N) is 4. The zero-order valence-corrected chi connectivity index (χ0v) is 18.3. The molecular formula is C20H25N5O4S. The zero-order chi connectivity index (χ0) is 21.8. The summed E-state index contributed by atoms with van der Waals surface area (Å²) in [5, 5.41) is 3.48. The average Bonchev–Trinajstić information content (AvgIpc) is 3.07. The lowest BCUT2D eigenvalue weighted by Crippen LogP contribution is -2.37. The van der Waals surface area contributed by atoms with Crippen LogP contribution in [0.15, 0.2) is 39.0 Å². The van der Waals surface area contributed by atoms with Crippen LogP contribution in [0.1, 0.15) is 18.9 Å². The van der Waals surface area contributed by atoms with Crippen LogP contribution in [0.3, 0.4) is 0 Å². The molecule has 0 saturated carbocycles. The predicted molar refractivity (Wildman–Crippen MR) is 116 cm³/mol. The topological polar surface area (TPSA) is 100 Å². The molecule has 30 heavy (non-hydrogen) atoms. The molecule has 0 aliphatic carbocycles. The molecule has 0 bridgehead atoms. The smallest absolute Gasteiger partial charge is 0.332 e. The van der Waals surface area contributed by atoms with Crippen LogP contribution in [0.4, 0.5) is 0 Å². The molecule has 0 unspecified atom stereocenters. The highest BCUT2D eigenvalue weighted by Crippen LogP contribution is 2.21. The van der Waals surface area contributed by atoms with Crippen molar-refractivity contribution in [3.05, 3.63) is 50.7 Å². The second-order valence-corrected chi connectivity index (χ2v) is 7.81. The normalized spacial score (nSPS) is 11.1. The summed E-state index contributed by atoms with van der Waals surface area (Å²) >= 11 is 1.37. The number of ether oxygens (including phenoxy) is 1. The second-order valence-electron chi connectivity index (χ2n) is 6.75. The summed E-state index contributed by atoms with van der Waals surface area (Å²) in [7, 11) is 4.79. The number of amides is 1. The van der Waals surface area contributed by atoms with Crippen LogP contribution in [0, 0.1) is 0 Å². The van der Waals surface area contributed by atoms with Gasteiger partial charge in [-0.3, -0.25) is 18.7 Å². The van der Waals surface area contributed by atoms with E-state index in [0.29, 0.717) is 36.1 Å². The van der Waals surface area contributed by atoms with Gasteiger partial charge in [-0.15, -0.1) is 0 Å². The van der Waals surface area contributed by atoms with Crippen LogP contribution < -0.4 is 21.3 Å². The first-order chi connectivity index (χ1) is 14.3. The standard InChI is InChI=1S/C20H25N5O4S/c1-5-29-14-9-7-6-8-13(14)12-21-15(26)10-11-30-19-22-16-17(23(19)2)24(3)20(28)25(4)18(16)27/h6-9H,5,10-12H2,1-4H3,(H,21,26). The second kappa shape index (κ2) is 9.21. The van der Waals surface area contributed by atoms with E-state index in [2.05, 4.69) is 10.3 Å². The van der Waals surface area contributed by atoms with Crippen LogP contribution in [-0.2, 0) is 32.5 Å². The van der Waals surface area contributed by atoms with Crippen LogP contribution in [0.5, 0.6) is 5.75 Å². The van der Waals surface area contributed by atoms with Gasteiger partial charge in [0, 0.05) is 45.4 Å². The van der Waals surface area contributed by atoms with Crippen molar-refractivity contribution in [1.82, 2.24) is 24.0 Å². The van der Waals surface area contributed by atoms with Gasteiger partial charge in [0.1, 0.15) is 5.75 Å². The van der Waals surface area contributed by atoms with Crippen molar-refractivity contribution in [1.29, 1.82) is 0 Å². The number of imidazole rings is 1. The number of carbonyl (C=O) groups excluding carboxylic acids is 1. The molecule has 0 atom stereocenters. The molecular weight excluding hydrogens is 406 g/mol. The average molecular weight is 432 g/mol. The van der Waals surface area contributed by atoms with Gasteiger partial charge in [0.15, 0.2) is 16.3 Å². The highest BCUT2D eigenvalue weighted by Gasteiger charge is 2.17. The molecule has 2 heterocycles. The summed E-state index contributed by atoms with van der Waals surface area (Å²) in [6.45, 7) is 2.87. The molecule has 3 rings (SSSR count). The van der Waals surface area contributed by atoms with Crippen LogP contribution in [-0.4, -0.2) is 37.0 Å². The van der Waals surface area contributed by atoms with E-state index < -0.39 is 11.2 Å². The molecule has 1 N–H and O–H groups in total. The van der Waals surface area contributed by atoms with Crippen molar-refractivity contribution in [3.63, 3.8) is 0 Å². The molecule has 0 fully saturated rings. The molecule has 0 aliphatic heterocycles. The number of hydrogen-bond donors (Lipinski definition) is 1. The number of aryl methyl sites for hydroxylation is 2. The maximum Gasteiger partial charge on any atom is 0.332 e. The molecule has 3 aromatic rings. The fraction of sp³-hybridized carbons (Fsp3) is 0.400. The number of benzene rings is 1. The molecule has 0 spiro atoms. The van der Waals surface area contributed by atoms with Gasteiger partial charge in [0.25, 0.3) is 5.56 Å². The summed E-state index contributed by atoms with van der Waals surface area (Å²) in [6, 6.07) is 7.60. The van der Waals surface area contributed by atoms with Gasteiger partial charge in [-0.25, -0.2) is 9.78 Å². The molecule has 9 nitrogen and oxygen atoms in total. The highest BCUT2D eigenvalue weighted by atomic mass is 32.2. The Kier molecular flexibility index (Phi) is 6.66. The van der Waals surface area contributed by atoms with E-state index in [4.69, 9.17) is 4.74 Å². The maximum absolute atomic E-state index is 12.3. The van der Waals surface area contributed by atoms with Gasteiger partial charge in [-0.1, -0.05) is 30.0 Å². The molecule has 1 aromatic carbocycles. The third-order valence-corrected chi connectivity index (χ3v) is 5.76. The summed E-state index contributed by atoms with van der Waals surface area (Å²) < 4.78 is 9.71. The SMILES string of the molecule is CCOc1ccccc1CNC(=O)CCSc1nc2c(=O)n(C)c(=O)n(C)c2n1C. The number of aromatic nitrogens is 4. The van der Waals surface area contributed by atoms with Crippen molar-refractivity contribution in [3.8, 4) is 5.75 Å². The summed E-state index contributed by atoms with van der Waals surface area (Å²) in [6.07, 6.45) is 0.293. The maximum atomic E-state index is 12.3. The third-order valence-electron chi connectivity index (χ3n) is 4.73. The van der Waals surface area contributed by atoms with Crippen molar-refractivity contribution >= 4 is 28.8 Å². The number of rotatable bonds is 8. The van der Waals surface area contributed by atoms with E-state index in [-0.39, 0.29) is 11.4 Å². The zero-order valence-electron chi connectivity index (χ0n) is 17.5. The Morgan fingerprint density at radius 2 is 1.87 bits per heavy atom. The van der Waals surface area contributed by atoms with E-state index in [0.717, 1.165) is 15.9 Å². The van der Waals surface area contributed by atoms with E-state index in [1.807, 2.05) is 31.2 Å². The first-order valence-corrected chi connectivity index (χ1v) is 10.6. The summed E-state index contributed by atoms with van der Waals surface area (Å²) in [5.41, 5.74) is 0.789. The molecule has 1 amide bonds. The Balaban J connectivity index is 1.62. The van der Waals surface area contributed by atoms with Crippen molar-refractivity contribution in [2.45, 2.75) is 25.0 Å².